The maximum atomic E-state index is 13.9. The van der Waals surface area contributed by atoms with Crippen LogP contribution in [0, 0.1) is 0 Å². The Morgan fingerprint density at radius 3 is 2.38 bits per heavy atom. The summed E-state index contributed by atoms with van der Waals surface area (Å²) in [6, 6.07) is 17.4. The summed E-state index contributed by atoms with van der Waals surface area (Å²) in [6.07, 6.45) is 0.988. The second-order valence-electron chi connectivity index (χ2n) is 10.6. The van der Waals surface area contributed by atoms with Crippen LogP contribution in [0.15, 0.2) is 66.0 Å². The number of carbonyl (C=O) groups excluding carboxylic acids is 4. The summed E-state index contributed by atoms with van der Waals surface area (Å²) in [7, 11) is 1.59. The van der Waals surface area contributed by atoms with E-state index in [0.29, 0.717) is 24.4 Å². The van der Waals surface area contributed by atoms with Crippen LogP contribution in [0.2, 0.25) is 5.02 Å². The zero-order chi connectivity index (χ0) is 32.3. The summed E-state index contributed by atoms with van der Waals surface area (Å²) < 4.78 is 10.3. The molecule has 2 aromatic carbocycles. The molecule has 1 aromatic heterocycles. The fourth-order valence-corrected chi connectivity index (χ4v) is 6.34. The minimum Gasteiger partial charge on any atom is -0.497 e. The quantitative estimate of drug-likeness (QED) is 0.130. The van der Waals surface area contributed by atoms with Gasteiger partial charge in [0.15, 0.2) is 0 Å². The van der Waals surface area contributed by atoms with Gasteiger partial charge in [0.2, 0.25) is 17.7 Å². The number of benzene rings is 2. The van der Waals surface area contributed by atoms with E-state index in [1.54, 1.807) is 49.6 Å². The van der Waals surface area contributed by atoms with Crippen molar-refractivity contribution in [3.05, 3.63) is 87.1 Å². The van der Waals surface area contributed by atoms with Gasteiger partial charge in [-0.2, -0.15) is 0 Å². The lowest BCUT2D eigenvalue weighted by molar-refractivity contribution is -0.159. The average molecular weight is 675 g/mol. The largest absolute Gasteiger partial charge is 0.497 e. The molecule has 240 valence electrons. The second-order valence-corrected chi connectivity index (χ2v) is 12.6. The number of piperazine rings is 1. The van der Waals surface area contributed by atoms with Crippen molar-refractivity contribution in [2.75, 3.05) is 39.9 Å². The van der Waals surface area contributed by atoms with Gasteiger partial charge in [0.25, 0.3) is 0 Å². The molecule has 45 heavy (non-hydrogen) atoms. The van der Waals surface area contributed by atoms with Crippen molar-refractivity contribution in [3.8, 4) is 5.75 Å². The van der Waals surface area contributed by atoms with Crippen LogP contribution in [0.4, 0.5) is 0 Å². The molecule has 3 aromatic rings. The molecule has 1 aliphatic heterocycles. The number of nitrogens with zero attached hydrogens (tertiary/aromatic N) is 3. The van der Waals surface area contributed by atoms with Crippen LogP contribution in [0.3, 0.4) is 0 Å². The number of amides is 3. The van der Waals surface area contributed by atoms with Crippen LogP contribution in [0.5, 0.6) is 5.75 Å². The third kappa shape index (κ3) is 9.69. The molecule has 1 fully saturated rings. The van der Waals surface area contributed by atoms with Gasteiger partial charge in [-0.25, -0.2) is 0 Å². The molecule has 0 aliphatic carbocycles. The maximum Gasteiger partial charge on any atom is 0.325 e. The van der Waals surface area contributed by atoms with Crippen LogP contribution in [0.25, 0.3) is 0 Å². The molecular weight excluding hydrogens is 637 g/mol. The van der Waals surface area contributed by atoms with E-state index in [-0.39, 0.29) is 50.9 Å². The minimum absolute atomic E-state index is 0.0780. The zero-order valence-electron chi connectivity index (χ0n) is 25.3. The van der Waals surface area contributed by atoms with Gasteiger partial charge in [-0.05, 0) is 66.6 Å². The molecule has 2 unspecified atom stereocenters. The third-order valence-electron chi connectivity index (χ3n) is 7.58. The fraction of sp³-hybridized carbons (Fsp3) is 0.394. The molecule has 4 rings (SSSR count). The minimum atomic E-state index is -1.04. The lowest BCUT2D eigenvalue weighted by Crippen LogP contribution is -2.61. The molecule has 12 heteroatoms. The van der Waals surface area contributed by atoms with Crippen LogP contribution in [0.1, 0.15) is 29.3 Å². The van der Waals surface area contributed by atoms with Crippen LogP contribution in [-0.2, 0) is 43.2 Å². The van der Waals surface area contributed by atoms with Crippen LogP contribution in [-0.4, -0.2) is 89.8 Å². The van der Waals surface area contributed by atoms with Crippen LogP contribution >= 0.6 is 34.5 Å². The predicted molar refractivity (Wildman–Crippen MR) is 175 cm³/mol. The van der Waals surface area contributed by atoms with Crippen molar-refractivity contribution in [2.24, 2.45) is 0 Å². The Hall–Kier alpha value is -3.60. The average Bonchev–Trinajstić information content (AvgIpc) is 3.55. The predicted octanol–water partition coefficient (Wildman–Crippen LogP) is 4.82. The van der Waals surface area contributed by atoms with Crippen molar-refractivity contribution >= 4 is 58.2 Å². The number of esters is 1. The smallest absolute Gasteiger partial charge is 0.325 e. The SMILES string of the molecule is CCOC(=O)CN(C(=O)CC1C(=O)N(CCc2ccc(OC)cc2)CC(=O)N1CCc1cccs1)C(Cl)Cc1ccc(Cl)cc1. The number of thiophene rings is 1. The molecule has 0 bridgehead atoms. The monoisotopic (exact) mass is 673 g/mol. The van der Waals surface area contributed by atoms with Crippen molar-refractivity contribution < 1.29 is 28.7 Å². The number of methoxy groups -OCH3 is 1. The second kappa shape index (κ2) is 16.6. The first-order valence-corrected chi connectivity index (χ1v) is 16.4. The molecule has 0 spiro atoms. The first-order chi connectivity index (χ1) is 21.7. The first kappa shape index (κ1) is 34.3. The molecule has 9 nitrogen and oxygen atoms in total. The number of ether oxygens (including phenoxy) is 2. The van der Waals surface area contributed by atoms with E-state index < -0.39 is 23.4 Å². The van der Waals surface area contributed by atoms with Gasteiger partial charge in [0.1, 0.15) is 23.8 Å². The topological polar surface area (TPSA) is 96.5 Å². The lowest BCUT2D eigenvalue weighted by Gasteiger charge is -2.41. The Labute approximate surface area is 277 Å². The molecule has 2 heterocycles. The van der Waals surface area contributed by atoms with Gasteiger partial charge in [-0.15, -0.1) is 11.3 Å². The standard InChI is InChI=1S/C33H37Cl2N3O6S/c1-3-44-32(41)22-38(29(35)19-24-6-10-25(34)11-7-24)30(39)20-28-33(42)36(16-14-23-8-12-26(43-2)13-9-23)21-31(40)37(28)17-15-27-5-4-18-45-27/h4-13,18,28-29H,3,14-17,19-22H2,1-2H3. The number of hydrogen-bond donors (Lipinski definition) is 0. The van der Waals surface area contributed by atoms with Crippen molar-refractivity contribution in [1.29, 1.82) is 0 Å². The molecule has 0 radical (unpaired) electrons. The molecule has 1 saturated heterocycles. The van der Waals surface area contributed by atoms with E-state index in [2.05, 4.69) is 0 Å². The van der Waals surface area contributed by atoms with Gasteiger partial charge in [0.05, 0.1) is 26.7 Å². The normalized spacial score (nSPS) is 15.6. The van der Waals surface area contributed by atoms with Crippen molar-refractivity contribution in [1.82, 2.24) is 14.7 Å². The number of rotatable bonds is 15. The van der Waals surface area contributed by atoms with E-state index in [0.717, 1.165) is 21.8 Å². The van der Waals surface area contributed by atoms with Gasteiger partial charge in [0, 0.05) is 29.4 Å². The highest BCUT2D eigenvalue weighted by Gasteiger charge is 2.41. The molecular formula is C33H37Cl2N3O6S. The van der Waals surface area contributed by atoms with Gasteiger partial charge in [-0.3, -0.25) is 19.2 Å². The van der Waals surface area contributed by atoms with E-state index >= 15 is 0 Å². The Bertz CT molecular complexity index is 1440. The molecule has 3 amide bonds. The third-order valence-corrected chi connectivity index (χ3v) is 9.15. The molecule has 1 aliphatic rings. The summed E-state index contributed by atoms with van der Waals surface area (Å²) in [5, 5.41) is 2.51. The van der Waals surface area contributed by atoms with E-state index in [1.165, 1.54) is 14.7 Å². The number of halogens is 2. The summed E-state index contributed by atoms with van der Waals surface area (Å²) in [6.45, 7) is 1.93. The molecule has 2 atom stereocenters. The van der Waals surface area contributed by atoms with Gasteiger partial charge < -0.3 is 24.2 Å². The number of alkyl halides is 1. The Balaban J connectivity index is 1.54. The lowest BCUT2D eigenvalue weighted by atomic mass is 10.0. The van der Waals surface area contributed by atoms with Gasteiger partial charge in [-0.1, -0.05) is 53.5 Å². The van der Waals surface area contributed by atoms with Crippen LogP contribution < -0.4 is 4.74 Å². The fourth-order valence-electron chi connectivity index (χ4n) is 5.16. The highest BCUT2D eigenvalue weighted by Crippen LogP contribution is 2.23. The molecule has 0 saturated carbocycles. The van der Waals surface area contributed by atoms with E-state index in [1.807, 2.05) is 41.8 Å². The summed E-state index contributed by atoms with van der Waals surface area (Å²) in [5.74, 6) is -0.971. The van der Waals surface area contributed by atoms with E-state index in [4.69, 9.17) is 32.7 Å². The number of carbonyl (C=O) groups is 4. The number of hydrogen-bond acceptors (Lipinski definition) is 7. The van der Waals surface area contributed by atoms with Crippen molar-refractivity contribution in [2.45, 2.75) is 44.1 Å². The zero-order valence-corrected chi connectivity index (χ0v) is 27.7. The van der Waals surface area contributed by atoms with Crippen molar-refractivity contribution in [3.63, 3.8) is 0 Å². The Kier molecular flexibility index (Phi) is 12.7. The highest BCUT2D eigenvalue weighted by atomic mass is 35.5. The molecule has 0 N–H and O–H groups in total. The van der Waals surface area contributed by atoms with E-state index in [9.17, 15) is 19.2 Å². The Morgan fingerprint density at radius 2 is 1.73 bits per heavy atom. The summed E-state index contributed by atoms with van der Waals surface area (Å²) >= 11 is 14.3. The Morgan fingerprint density at radius 1 is 1.02 bits per heavy atom. The highest BCUT2D eigenvalue weighted by molar-refractivity contribution is 7.09. The maximum absolute atomic E-state index is 13.9. The van der Waals surface area contributed by atoms with Gasteiger partial charge >= 0.3 is 5.97 Å². The first-order valence-electron chi connectivity index (χ1n) is 14.8. The summed E-state index contributed by atoms with van der Waals surface area (Å²) in [5.41, 5.74) is 0.882. The summed E-state index contributed by atoms with van der Waals surface area (Å²) in [4.78, 5) is 59.2.